The molecule has 0 radical (unpaired) electrons. The van der Waals surface area contributed by atoms with Gasteiger partial charge in [-0.25, -0.2) is 44.9 Å². The number of aromatic nitrogens is 10. The van der Waals surface area contributed by atoms with Crippen molar-refractivity contribution in [1.82, 2.24) is 49.8 Å². The number of nitrogens with zero attached hydrogens (tertiary/aromatic N) is 10. The summed E-state index contributed by atoms with van der Waals surface area (Å²) in [7, 11) is 0. The molecule has 0 aliphatic rings. The minimum atomic E-state index is 0.537. The lowest BCUT2D eigenvalue weighted by atomic mass is 9.93. The number of benzene rings is 22. The minimum absolute atomic E-state index is 0.537. The normalized spacial score (nSPS) is 11.7. The lowest BCUT2D eigenvalue weighted by Gasteiger charge is -2.13. The molecule has 0 saturated carbocycles. The maximum atomic E-state index is 6.48. The Labute approximate surface area is 806 Å². The third kappa shape index (κ3) is 14.5. The van der Waals surface area contributed by atoms with Crippen molar-refractivity contribution in [2.45, 2.75) is 0 Å². The Morgan fingerprint density at radius 3 is 1.06 bits per heavy atom. The molecule has 0 aliphatic heterocycles. The highest BCUT2D eigenvalue weighted by atomic mass is 16.3. The van der Waals surface area contributed by atoms with Gasteiger partial charge in [-0.05, 0) is 176 Å². The van der Waals surface area contributed by atoms with Gasteiger partial charge in [0.1, 0.15) is 39.2 Å². The Balaban J connectivity index is 0.000000106. The molecule has 29 rings (SSSR count). The predicted octanol–water partition coefficient (Wildman–Crippen LogP) is 33.4. The predicted molar refractivity (Wildman–Crippen MR) is 576 cm³/mol. The summed E-state index contributed by atoms with van der Waals surface area (Å²) in [6.45, 7) is 0. The first kappa shape index (κ1) is 81.3. The molecular formula is C128H76N10O3. The number of para-hydroxylation sites is 1. The molecule has 0 fully saturated rings. The van der Waals surface area contributed by atoms with Crippen molar-refractivity contribution in [2.24, 2.45) is 0 Å². The third-order valence-corrected chi connectivity index (χ3v) is 27.2. The van der Waals surface area contributed by atoms with Crippen LogP contribution >= 0.6 is 0 Å². The zero-order valence-corrected chi connectivity index (χ0v) is 75.6. The Hall–Kier alpha value is -19.2. The fourth-order valence-electron chi connectivity index (χ4n) is 20.5. The van der Waals surface area contributed by atoms with Crippen LogP contribution in [-0.4, -0.2) is 49.8 Å². The van der Waals surface area contributed by atoms with Gasteiger partial charge in [0.05, 0.1) is 0 Å². The van der Waals surface area contributed by atoms with Crippen molar-refractivity contribution >= 4 is 163 Å². The molecule has 7 heterocycles. The van der Waals surface area contributed by atoms with Crippen LogP contribution in [0.4, 0.5) is 0 Å². The Morgan fingerprint density at radius 2 is 0.482 bits per heavy atom. The lowest BCUT2D eigenvalue weighted by Crippen LogP contribution is -2.01. The van der Waals surface area contributed by atoms with Crippen LogP contribution < -0.4 is 0 Å². The molecule has 141 heavy (non-hydrogen) atoms. The van der Waals surface area contributed by atoms with E-state index in [1.54, 1.807) is 6.20 Å². The van der Waals surface area contributed by atoms with Crippen LogP contribution in [0, 0.1) is 0 Å². The number of pyridine rings is 1. The van der Waals surface area contributed by atoms with Crippen LogP contribution in [0.25, 0.3) is 288 Å². The van der Waals surface area contributed by atoms with E-state index in [0.717, 1.165) is 170 Å². The summed E-state index contributed by atoms with van der Waals surface area (Å²) in [5.41, 5.74) is 18.0. The average molecular weight is 1800 g/mol. The molecule has 29 aromatic rings. The molecule has 0 atom stereocenters. The van der Waals surface area contributed by atoms with Gasteiger partial charge >= 0.3 is 0 Å². The van der Waals surface area contributed by atoms with Crippen molar-refractivity contribution in [1.29, 1.82) is 0 Å². The van der Waals surface area contributed by atoms with E-state index in [0.29, 0.717) is 58.1 Å². The van der Waals surface area contributed by atoms with Gasteiger partial charge in [0.25, 0.3) is 0 Å². The van der Waals surface area contributed by atoms with Gasteiger partial charge < -0.3 is 13.3 Å². The van der Waals surface area contributed by atoms with Gasteiger partial charge in [-0.3, -0.25) is 4.98 Å². The summed E-state index contributed by atoms with van der Waals surface area (Å²) in [6, 6.07) is 157. The molecule has 0 N–H and O–H groups in total. The van der Waals surface area contributed by atoms with E-state index in [2.05, 4.69) is 308 Å². The van der Waals surface area contributed by atoms with Gasteiger partial charge in [0, 0.05) is 99.2 Å². The minimum Gasteiger partial charge on any atom is -0.456 e. The highest BCUT2D eigenvalue weighted by Gasteiger charge is 2.25. The van der Waals surface area contributed by atoms with E-state index in [1.807, 2.05) is 152 Å². The number of fused-ring (bicyclic) bond motifs is 24. The van der Waals surface area contributed by atoms with E-state index in [-0.39, 0.29) is 0 Å². The van der Waals surface area contributed by atoms with Crippen LogP contribution in [0.2, 0.25) is 0 Å². The number of rotatable bonds is 11. The van der Waals surface area contributed by atoms with Gasteiger partial charge in [-0.1, -0.05) is 382 Å². The second-order valence-corrected chi connectivity index (χ2v) is 35.5. The van der Waals surface area contributed by atoms with Gasteiger partial charge in [0.2, 0.25) is 0 Å². The summed E-state index contributed by atoms with van der Waals surface area (Å²) in [5.74, 6) is 5.58. The molecular weight excluding hydrogens is 1730 g/mol. The van der Waals surface area contributed by atoms with E-state index in [4.69, 9.17) is 58.1 Å². The van der Waals surface area contributed by atoms with Crippen molar-refractivity contribution in [3.63, 3.8) is 0 Å². The highest BCUT2D eigenvalue weighted by molar-refractivity contribution is 6.31. The smallest absolute Gasteiger partial charge is 0.182 e. The van der Waals surface area contributed by atoms with Crippen molar-refractivity contribution in [3.8, 4) is 125 Å². The van der Waals surface area contributed by atoms with E-state index in [1.165, 1.54) is 59.2 Å². The first-order valence-electron chi connectivity index (χ1n) is 47.1. The quantitative estimate of drug-likeness (QED) is 0.112. The zero-order chi connectivity index (χ0) is 93.0. The molecule has 22 aromatic carbocycles. The molecule has 0 amide bonds. The average Bonchev–Trinajstić information content (AvgIpc) is 1.60. The van der Waals surface area contributed by atoms with E-state index < -0.39 is 0 Å². The standard InChI is InChI=1S/C45H27N3O.C44H26N4O.C39H23N3O/c1-3-11-30(12-4-1)43-46-44(31-13-5-2-6-14-31)48-45(47-43)37-17-9-15-34-26-32(20-23-35(34)37)33-22-24-39-38(27-33)42-40(49-39)25-21-29-19-18-28-10-7-8-16-36(28)41(29)42;1-2-11-29(12-3-1)42-46-43(48-44(47-42)37-18-6-7-25-45-37)35-17-9-15-33-31(14-8-16-34(33)35)30-22-23-38-36(26-30)41-39(49-38)24-21-28-20-19-27-10-4-5-13-32(27)40(28)41;1-2-12-26(13-3-1)37-40-38(28-19-18-24-10-4-5-14-27(24)22-28)42-39(41-37)32-23-34-36(31-16-8-9-17-33(31)43-34)35-29-15-7-6-11-25(29)20-21-30(32)35/h1-27H;1-26H;1-23H. The van der Waals surface area contributed by atoms with Crippen molar-refractivity contribution in [2.75, 3.05) is 0 Å². The largest absolute Gasteiger partial charge is 0.456 e. The molecule has 0 aliphatic carbocycles. The maximum absolute atomic E-state index is 6.48. The molecule has 0 saturated heterocycles. The molecule has 0 unspecified atom stereocenters. The fourth-order valence-corrected chi connectivity index (χ4v) is 20.5. The first-order chi connectivity index (χ1) is 69.8. The SMILES string of the molecule is c1ccc(-c2nc(-c3ccc4ccccc4c3)nc(-c3cc4oc5ccccc5c4c4c3ccc3ccccc34)n2)cc1.c1ccc(-c2nc(-c3ccccc3)nc(-c3cccc4cc(-c5ccc6oc7ccc8ccc9ccccc9c8c7c6c5)ccc34)n2)cc1.c1ccc(-c2nc(-c3ccccn3)nc(-c3cccc4c(-c5ccc6oc7ccc8ccc9ccccc9c8c7c6c5)cccc34)n2)cc1. The number of hydrogen-bond acceptors (Lipinski definition) is 13. The van der Waals surface area contributed by atoms with Gasteiger partial charge in [-0.15, -0.1) is 0 Å². The van der Waals surface area contributed by atoms with Crippen LogP contribution in [0.15, 0.2) is 474 Å². The lowest BCUT2D eigenvalue weighted by molar-refractivity contribution is 0.669. The zero-order valence-electron chi connectivity index (χ0n) is 75.6. The van der Waals surface area contributed by atoms with Crippen LogP contribution in [-0.2, 0) is 0 Å². The Kier molecular flexibility index (Phi) is 19.6. The highest BCUT2D eigenvalue weighted by Crippen LogP contribution is 2.48. The Bertz CT molecular complexity index is 9980. The third-order valence-electron chi connectivity index (χ3n) is 27.2. The summed E-state index contributed by atoms with van der Waals surface area (Å²) in [4.78, 5) is 49.5. The second-order valence-electron chi connectivity index (χ2n) is 35.5. The molecule has 13 heteroatoms. The topological polar surface area (TPSA) is 168 Å². The van der Waals surface area contributed by atoms with Crippen LogP contribution in [0.3, 0.4) is 0 Å². The van der Waals surface area contributed by atoms with Gasteiger partial charge in [-0.2, -0.15) is 0 Å². The first-order valence-corrected chi connectivity index (χ1v) is 47.1. The van der Waals surface area contributed by atoms with Gasteiger partial charge in [0.15, 0.2) is 52.4 Å². The van der Waals surface area contributed by atoms with Crippen LogP contribution in [0.5, 0.6) is 0 Å². The summed E-state index contributed by atoms with van der Waals surface area (Å²) in [6.07, 6.45) is 1.76. The summed E-state index contributed by atoms with van der Waals surface area (Å²) in [5, 5.41) is 27.8. The van der Waals surface area contributed by atoms with Crippen molar-refractivity contribution < 1.29 is 13.3 Å². The van der Waals surface area contributed by atoms with E-state index >= 15 is 0 Å². The number of hydrogen-bond donors (Lipinski definition) is 0. The van der Waals surface area contributed by atoms with Crippen LogP contribution in [0.1, 0.15) is 0 Å². The number of furan rings is 3. The summed E-state index contributed by atoms with van der Waals surface area (Å²) < 4.78 is 19.3. The molecule has 0 spiro atoms. The maximum Gasteiger partial charge on any atom is 0.182 e. The molecule has 656 valence electrons. The fraction of sp³-hybridized carbons (Fsp3) is 0. The Morgan fingerprint density at radius 1 is 0.135 bits per heavy atom. The van der Waals surface area contributed by atoms with E-state index in [9.17, 15) is 0 Å². The second kappa shape index (κ2) is 34.0. The molecule has 7 aromatic heterocycles. The summed E-state index contributed by atoms with van der Waals surface area (Å²) >= 11 is 0. The molecule has 0 bridgehead atoms. The molecule has 13 nitrogen and oxygen atoms in total. The monoisotopic (exact) mass is 1800 g/mol. The van der Waals surface area contributed by atoms with Crippen molar-refractivity contribution in [3.05, 3.63) is 461 Å².